The van der Waals surface area contributed by atoms with Crippen LogP contribution in [0.2, 0.25) is 0 Å². The number of anilines is 1. The number of methoxy groups -OCH3 is 1. The maximum absolute atomic E-state index is 12.5. The van der Waals surface area contributed by atoms with Crippen molar-refractivity contribution in [1.82, 2.24) is 20.4 Å². The molecule has 0 bridgehead atoms. The number of H-pyrrole nitrogens is 2. The number of para-hydroxylation sites is 1. The number of carbonyl (C=O) groups is 1. The number of nitrogens with one attached hydrogen (secondary N) is 3. The maximum atomic E-state index is 12.5. The fourth-order valence-corrected chi connectivity index (χ4v) is 2.52. The molecule has 0 radical (unpaired) electrons. The van der Waals surface area contributed by atoms with Gasteiger partial charge in [0.1, 0.15) is 5.75 Å². The van der Waals surface area contributed by atoms with Gasteiger partial charge in [0, 0.05) is 10.8 Å². The van der Waals surface area contributed by atoms with Crippen LogP contribution in [0.3, 0.4) is 0 Å². The van der Waals surface area contributed by atoms with Crippen molar-refractivity contribution in [3.8, 4) is 5.75 Å². The van der Waals surface area contributed by atoms with E-state index in [1.54, 1.807) is 7.11 Å². The lowest BCUT2D eigenvalue weighted by atomic mass is 10.2. The van der Waals surface area contributed by atoms with Crippen LogP contribution in [0.25, 0.3) is 21.8 Å². The normalized spacial score (nSPS) is 11.0. The Kier molecular flexibility index (Phi) is 2.97. The van der Waals surface area contributed by atoms with E-state index in [1.807, 2.05) is 42.5 Å². The third-order valence-corrected chi connectivity index (χ3v) is 3.69. The molecule has 0 saturated heterocycles. The van der Waals surface area contributed by atoms with Crippen LogP contribution >= 0.6 is 0 Å². The summed E-state index contributed by atoms with van der Waals surface area (Å²) in [7, 11) is 1.59. The van der Waals surface area contributed by atoms with Crippen LogP contribution < -0.4 is 10.1 Å². The van der Waals surface area contributed by atoms with Crippen molar-refractivity contribution in [2.24, 2.45) is 0 Å². The van der Waals surface area contributed by atoms with Crippen molar-refractivity contribution in [2.75, 3.05) is 12.4 Å². The third-order valence-electron chi connectivity index (χ3n) is 3.69. The summed E-state index contributed by atoms with van der Waals surface area (Å²) in [6.45, 7) is 0. The minimum absolute atomic E-state index is 0.321. The standard InChI is InChI=1S/C16H13N5O2/c1-23-9-6-7-13-11(8-9)15(21-19-13)17-16(22)14-10-4-2-3-5-12(10)18-20-14/h2-8H,1H3,(H,18,20)(H2,17,19,21,22). The summed E-state index contributed by atoms with van der Waals surface area (Å²) in [6.07, 6.45) is 0. The number of hydrogen-bond acceptors (Lipinski definition) is 4. The summed E-state index contributed by atoms with van der Waals surface area (Å²) < 4.78 is 5.21. The average Bonchev–Trinajstić information content (AvgIpc) is 3.18. The van der Waals surface area contributed by atoms with Gasteiger partial charge >= 0.3 is 0 Å². The van der Waals surface area contributed by atoms with Crippen molar-refractivity contribution >= 4 is 33.5 Å². The first-order valence-corrected chi connectivity index (χ1v) is 7.03. The highest BCUT2D eigenvalue weighted by molar-refractivity contribution is 6.13. The number of carbonyl (C=O) groups excluding carboxylic acids is 1. The highest BCUT2D eigenvalue weighted by Gasteiger charge is 2.16. The Labute approximate surface area is 130 Å². The quantitative estimate of drug-likeness (QED) is 0.542. The predicted octanol–water partition coefficient (Wildman–Crippen LogP) is 2.70. The lowest BCUT2D eigenvalue weighted by Crippen LogP contribution is -2.13. The number of amides is 1. The van der Waals surface area contributed by atoms with E-state index >= 15 is 0 Å². The fourth-order valence-electron chi connectivity index (χ4n) is 2.52. The van der Waals surface area contributed by atoms with Crippen LogP contribution in [-0.2, 0) is 0 Å². The molecule has 7 nitrogen and oxygen atoms in total. The van der Waals surface area contributed by atoms with Gasteiger partial charge in [0.15, 0.2) is 11.5 Å². The van der Waals surface area contributed by atoms with Crippen molar-refractivity contribution in [3.05, 3.63) is 48.2 Å². The van der Waals surface area contributed by atoms with Gasteiger partial charge in [-0.15, -0.1) is 0 Å². The van der Waals surface area contributed by atoms with Crippen LogP contribution in [0.15, 0.2) is 42.5 Å². The molecule has 3 N–H and O–H groups in total. The van der Waals surface area contributed by atoms with Crippen molar-refractivity contribution < 1.29 is 9.53 Å². The monoisotopic (exact) mass is 307 g/mol. The van der Waals surface area contributed by atoms with Crippen LogP contribution in [0.1, 0.15) is 10.5 Å². The van der Waals surface area contributed by atoms with Gasteiger partial charge in [-0.05, 0) is 24.3 Å². The van der Waals surface area contributed by atoms with Gasteiger partial charge in [0.25, 0.3) is 5.91 Å². The second kappa shape index (κ2) is 5.13. The SMILES string of the molecule is COc1ccc2[nH]nc(NC(=O)c3n[nH]c4ccccc34)c2c1. The maximum Gasteiger partial charge on any atom is 0.278 e. The molecule has 2 aromatic heterocycles. The minimum atomic E-state index is -0.321. The molecule has 0 atom stereocenters. The number of aromatic amines is 2. The van der Waals surface area contributed by atoms with E-state index in [0.717, 1.165) is 21.8 Å². The summed E-state index contributed by atoms with van der Waals surface area (Å²) in [4.78, 5) is 12.5. The summed E-state index contributed by atoms with van der Waals surface area (Å²) >= 11 is 0. The molecule has 1 amide bonds. The summed E-state index contributed by atoms with van der Waals surface area (Å²) in [5.74, 6) is 0.814. The van der Waals surface area contributed by atoms with Crippen LogP contribution in [-0.4, -0.2) is 33.4 Å². The molecule has 7 heteroatoms. The Morgan fingerprint density at radius 1 is 1.04 bits per heavy atom. The lowest BCUT2D eigenvalue weighted by molar-refractivity contribution is 0.102. The van der Waals surface area contributed by atoms with Crippen LogP contribution in [0, 0.1) is 0 Å². The van der Waals surface area contributed by atoms with Gasteiger partial charge in [-0.2, -0.15) is 10.2 Å². The molecule has 0 fully saturated rings. The zero-order valence-corrected chi connectivity index (χ0v) is 12.3. The summed E-state index contributed by atoms with van der Waals surface area (Å²) in [6, 6.07) is 13.0. The van der Waals surface area contributed by atoms with Gasteiger partial charge in [0.2, 0.25) is 0 Å². The van der Waals surface area contributed by atoms with Crippen LogP contribution in [0.5, 0.6) is 5.75 Å². The highest BCUT2D eigenvalue weighted by atomic mass is 16.5. The van der Waals surface area contributed by atoms with Gasteiger partial charge in [-0.1, -0.05) is 18.2 Å². The number of ether oxygens (including phenoxy) is 1. The zero-order chi connectivity index (χ0) is 15.8. The van der Waals surface area contributed by atoms with Crippen molar-refractivity contribution in [3.63, 3.8) is 0 Å². The Bertz CT molecular complexity index is 1020. The first kappa shape index (κ1) is 13.3. The molecular formula is C16H13N5O2. The Morgan fingerprint density at radius 3 is 2.70 bits per heavy atom. The molecule has 2 aromatic carbocycles. The Morgan fingerprint density at radius 2 is 1.83 bits per heavy atom. The van der Waals surface area contributed by atoms with Crippen LogP contribution in [0.4, 0.5) is 5.82 Å². The lowest BCUT2D eigenvalue weighted by Gasteiger charge is -2.02. The minimum Gasteiger partial charge on any atom is -0.497 e. The highest BCUT2D eigenvalue weighted by Crippen LogP contribution is 2.26. The molecule has 0 unspecified atom stereocenters. The molecule has 114 valence electrons. The molecule has 4 rings (SSSR count). The number of fused-ring (bicyclic) bond motifs is 2. The van der Waals surface area contributed by atoms with Gasteiger partial charge in [-0.25, -0.2) is 0 Å². The molecule has 0 aliphatic heterocycles. The smallest absolute Gasteiger partial charge is 0.278 e. The molecular weight excluding hydrogens is 294 g/mol. The number of nitrogens with zero attached hydrogens (tertiary/aromatic N) is 2. The second-order valence-corrected chi connectivity index (χ2v) is 5.06. The largest absolute Gasteiger partial charge is 0.497 e. The molecule has 2 heterocycles. The Hall–Kier alpha value is -3.35. The number of hydrogen-bond donors (Lipinski definition) is 3. The molecule has 23 heavy (non-hydrogen) atoms. The molecule has 4 aromatic rings. The summed E-state index contributed by atoms with van der Waals surface area (Å²) in [5.41, 5.74) is 1.96. The van der Waals surface area contributed by atoms with E-state index in [2.05, 4.69) is 25.7 Å². The molecule has 0 spiro atoms. The van der Waals surface area contributed by atoms with E-state index in [4.69, 9.17) is 4.74 Å². The third kappa shape index (κ3) is 2.18. The number of aromatic nitrogens is 4. The fraction of sp³-hybridized carbons (Fsp3) is 0.0625. The second-order valence-electron chi connectivity index (χ2n) is 5.06. The first-order valence-electron chi connectivity index (χ1n) is 7.03. The molecule has 0 aliphatic carbocycles. The topological polar surface area (TPSA) is 95.7 Å². The van der Waals surface area contributed by atoms with E-state index in [1.165, 1.54) is 0 Å². The van der Waals surface area contributed by atoms with E-state index in [9.17, 15) is 4.79 Å². The van der Waals surface area contributed by atoms with E-state index in [0.29, 0.717) is 17.3 Å². The number of benzene rings is 2. The van der Waals surface area contributed by atoms with Gasteiger partial charge in [0.05, 0.1) is 18.1 Å². The van der Waals surface area contributed by atoms with E-state index < -0.39 is 0 Å². The zero-order valence-electron chi connectivity index (χ0n) is 12.3. The average molecular weight is 307 g/mol. The first-order chi connectivity index (χ1) is 11.3. The summed E-state index contributed by atoms with van der Waals surface area (Å²) in [5, 5.41) is 18.3. The predicted molar refractivity (Wildman–Crippen MR) is 86.7 cm³/mol. The van der Waals surface area contributed by atoms with Gasteiger partial charge < -0.3 is 10.1 Å². The van der Waals surface area contributed by atoms with E-state index in [-0.39, 0.29) is 5.91 Å². The molecule has 0 aliphatic rings. The van der Waals surface area contributed by atoms with Gasteiger partial charge in [-0.3, -0.25) is 15.0 Å². The Balaban J connectivity index is 1.71. The van der Waals surface area contributed by atoms with Crippen molar-refractivity contribution in [1.29, 1.82) is 0 Å². The number of rotatable bonds is 3. The van der Waals surface area contributed by atoms with Crippen molar-refractivity contribution in [2.45, 2.75) is 0 Å². The molecule has 0 saturated carbocycles.